The van der Waals surface area contributed by atoms with Crippen molar-refractivity contribution in [3.8, 4) is 0 Å². The van der Waals surface area contributed by atoms with Crippen molar-refractivity contribution < 1.29 is 19.1 Å². The SMILES string of the molecule is CC(C)C1(C(=O)OCc2ccccc2)CCN(C(=O)OC(C)(C)C)CC1. The molecule has 0 aliphatic carbocycles. The molecule has 1 aromatic rings. The molecule has 0 aromatic heterocycles. The molecule has 0 radical (unpaired) electrons. The number of hydrogen-bond donors (Lipinski definition) is 0. The smallest absolute Gasteiger partial charge is 0.410 e. The maximum Gasteiger partial charge on any atom is 0.410 e. The van der Waals surface area contributed by atoms with E-state index in [1.54, 1.807) is 4.90 Å². The Kier molecular flexibility index (Phi) is 6.32. The molecular weight excluding hydrogens is 330 g/mol. The summed E-state index contributed by atoms with van der Waals surface area (Å²) in [6, 6.07) is 9.69. The van der Waals surface area contributed by atoms with Crippen molar-refractivity contribution >= 4 is 12.1 Å². The molecule has 1 heterocycles. The van der Waals surface area contributed by atoms with Gasteiger partial charge in [-0.2, -0.15) is 0 Å². The van der Waals surface area contributed by atoms with Crippen LogP contribution >= 0.6 is 0 Å². The van der Waals surface area contributed by atoms with Gasteiger partial charge in [-0.1, -0.05) is 44.2 Å². The van der Waals surface area contributed by atoms with Crippen LogP contribution < -0.4 is 0 Å². The number of likely N-dealkylation sites (tertiary alicyclic amines) is 1. The third kappa shape index (κ3) is 4.99. The summed E-state index contributed by atoms with van der Waals surface area (Å²) < 4.78 is 11.1. The van der Waals surface area contributed by atoms with E-state index in [0.29, 0.717) is 25.9 Å². The molecular formula is C21H31NO4. The molecule has 1 aliphatic rings. The fourth-order valence-electron chi connectivity index (χ4n) is 3.30. The van der Waals surface area contributed by atoms with E-state index in [9.17, 15) is 9.59 Å². The number of rotatable bonds is 4. The summed E-state index contributed by atoms with van der Waals surface area (Å²) in [6.07, 6.45) is 0.877. The van der Waals surface area contributed by atoms with Gasteiger partial charge in [0.2, 0.25) is 0 Å². The highest BCUT2D eigenvalue weighted by Crippen LogP contribution is 2.40. The van der Waals surface area contributed by atoms with Gasteiger partial charge in [0.1, 0.15) is 12.2 Å². The van der Waals surface area contributed by atoms with E-state index in [2.05, 4.69) is 0 Å². The predicted octanol–water partition coefficient (Wildman–Crippen LogP) is 4.40. The zero-order chi connectivity index (χ0) is 19.4. The van der Waals surface area contributed by atoms with Crippen LogP contribution in [0.15, 0.2) is 30.3 Å². The highest BCUT2D eigenvalue weighted by atomic mass is 16.6. The van der Waals surface area contributed by atoms with Crippen LogP contribution in [0.5, 0.6) is 0 Å². The van der Waals surface area contributed by atoms with Crippen LogP contribution in [0.3, 0.4) is 0 Å². The molecule has 0 spiro atoms. The topological polar surface area (TPSA) is 55.8 Å². The van der Waals surface area contributed by atoms with E-state index in [1.807, 2.05) is 65.0 Å². The minimum absolute atomic E-state index is 0.145. The number of carbonyl (C=O) groups excluding carboxylic acids is 2. The van der Waals surface area contributed by atoms with Gasteiger partial charge < -0.3 is 14.4 Å². The Labute approximate surface area is 156 Å². The average Bonchev–Trinajstić information content (AvgIpc) is 2.59. The van der Waals surface area contributed by atoms with Gasteiger partial charge in [0, 0.05) is 13.1 Å². The van der Waals surface area contributed by atoms with Crippen LogP contribution in [0, 0.1) is 11.3 Å². The van der Waals surface area contributed by atoms with Gasteiger partial charge in [-0.05, 0) is 45.1 Å². The van der Waals surface area contributed by atoms with Crippen LogP contribution in [-0.2, 0) is 20.9 Å². The molecule has 144 valence electrons. The third-order valence-corrected chi connectivity index (χ3v) is 5.03. The standard InChI is InChI=1S/C21H31NO4/c1-16(2)21(18(23)25-15-17-9-7-6-8-10-17)11-13-22(14-12-21)19(24)26-20(3,4)5/h6-10,16H,11-15H2,1-5H3. The van der Waals surface area contributed by atoms with E-state index in [-0.39, 0.29) is 24.6 Å². The van der Waals surface area contributed by atoms with Crippen molar-refractivity contribution in [1.29, 1.82) is 0 Å². The minimum Gasteiger partial charge on any atom is -0.460 e. The Morgan fingerprint density at radius 1 is 1.12 bits per heavy atom. The number of hydrogen-bond acceptors (Lipinski definition) is 4. The molecule has 1 fully saturated rings. The van der Waals surface area contributed by atoms with E-state index >= 15 is 0 Å². The second-order valence-electron chi connectivity index (χ2n) is 8.34. The zero-order valence-electron chi connectivity index (χ0n) is 16.6. The quantitative estimate of drug-likeness (QED) is 0.746. The van der Waals surface area contributed by atoms with Gasteiger partial charge in [0.15, 0.2) is 0 Å². The number of esters is 1. The number of nitrogens with zero attached hydrogens (tertiary/aromatic N) is 1. The van der Waals surface area contributed by atoms with Crippen LogP contribution in [0.1, 0.15) is 53.0 Å². The molecule has 2 rings (SSSR count). The Balaban J connectivity index is 1.98. The lowest BCUT2D eigenvalue weighted by molar-refractivity contribution is -0.164. The minimum atomic E-state index is -0.548. The van der Waals surface area contributed by atoms with Crippen molar-refractivity contribution in [2.45, 2.75) is 59.7 Å². The second kappa shape index (κ2) is 8.11. The molecule has 5 heteroatoms. The monoisotopic (exact) mass is 361 g/mol. The largest absolute Gasteiger partial charge is 0.460 e. The van der Waals surface area contributed by atoms with Crippen molar-refractivity contribution in [1.82, 2.24) is 4.90 Å². The number of carbonyl (C=O) groups is 2. The van der Waals surface area contributed by atoms with Gasteiger partial charge in [-0.25, -0.2) is 4.79 Å². The predicted molar refractivity (Wildman–Crippen MR) is 101 cm³/mol. The highest BCUT2D eigenvalue weighted by Gasteiger charge is 2.46. The van der Waals surface area contributed by atoms with Gasteiger partial charge >= 0.3 is 12.1 Å². The first-order valence-electron chi connectivity index (χ1n) is 9.33. The summed E-state index contributed by atoms with van der Waals surface area (Å²) in [5.74, 6) is -0.0215. The molecule has 5 nitrogen and oxygen atoms in total. The van der Waals surface area contributed by atoms with Crippen LogP contribution in [0.4, 0.5) is 4.79 Å². The molecule has 0 saturated carbocycles. The molecule has 0 atom stereocenters. The van der Waals surface area contributed by atoms with Crippen LogP contribution in [0.2, 0.25) is 0 Å². The fourth-order valence-corrected chi connectivity index (χ4v) is 3.30. The van der Waals surface area contributed by atoms with Crippen LogP contribution in [-0.4, -0.2) is 35.7 Å². The number of piperidine rings is 1. The Morgan fingerprint density at radius 3 is 2.19 bits per heavy atom. The Morgan fingerprint density at radius 2 is 1.69 bits per heavy atom. The van der Waals surface area contributed by atoms with Crippen molar-refractivity contribution in [3.05, 3.63) is 35.9 Å². The van der Waals surface area contributed by atoms with E-state index in [4.69, 9.17) is 9.47 Å². The van der Waals surface area contributed by atoms with E-state index in [0.717, 1.165) is 5.56 Å². The summed E-state index contributed by atoms with van der Waals surface area (Å²) in [5, 5.41) is 0. The molecule has 1 amide bonds. The lowest BCUT2D eigenvalue weighted by atomic mass is 9.70. The number of amides is 1. The van der Waals surface area contributed by atoms with Gasteiger partial charge in [-0.15, -0.1) is 0 Å². The summed E-state index contributed by atoms with van der Waals surface area (Å²) in [7, 11) is 0. The maximum absolute atomic E-state index is 12.9. The molecule has 0 bridgehead atoms. The molecule has 0 N–H and O–H groups in total. The zero-order valence-corrected chi connectivity index (χ0v) is 16.6. The van der Waals surface area contributed by atoms with Crippen molar-refractivity contribution in [2.75, 3.05) is 13.1 Å². The van der Waals surface area contributed by atoms with Crippen molar-refractivity contribution in [2.24, 2.45) is 11.3 Å². The molecule has 26 heavy (non-hydrogen) atoms. The lowest BCUT2D eigenvalue weighted by Gasteiger charge is -2.42. The number of benzene rings is 1. The highest BCUT2D eigenvalue weighted by molar-refractivity contribution is 5.78. The second-order valence-corrected chi connectivity index (χ2v) is 8.34. The first kappa shape index (κ1) is 20.3. The summed E-state index contributed by atoms with van der Waals surface area (Å²) in [4.78, 5) is 26.8. The van der Waals surface area contributed by atoms with Crippen LogP contribution in [0.25, 0.3) is 0 Å². The maximum atomic E-state index is 12.9. The number of ether oxygens (including phenoxy) is 2. The first-order valence-corrected chi connectivity index (χ1v) is 9.33. The van der Waals surface area contributed by atoms with Gasteiger partial charge in [0.05, 0.1) is 5.41 Å². The van der Waals surface area contributed by atoms with Crippen molar-refractivity contribution in [3.63, 3.8) is 0 Å². The molecule has 1 aliphatic heterocycles. The summed E-state index contributed by atoms with van der Waals surface area (Å²) in [6.45, 7) is 11.0. The van der Waals surface area contributed by atoms with E-state index < -0.39 is 11.0 Å². The molecule has 0 unspecified atom stereocenters. The summed E-state index contributed by atoms with van der Waals surface area (Å²) >= 11 is 0. The average molecular weight is 361 g/mol. The normalized spacial score (nSPS) is 17.1. The first-order chi connectivity index (χ1) is 12.1. The third-order valence-electron chi connectivity index (χ3n) is 5.03. The lowest BCUT2D eigenvalue weighted by Crippen LogP contribution is -2.50. The van der Waals surface area contributed by atoms with Gasteiger partial charge in [0.25, 0.3) is 0 Å². The molecule has 1 aromatic carbocycles. The Bertz CT molecular complexity index is 611. The molecule has 1 saturated heterocycles. The van der Waals surface area contributed by atoms with E-state index in [1.165, 1.54) is 0 Å². The fraction of sp³-hybridized carbons (Fsp3) is 0.619. The summed E-state index contributed by atoms with van der Waals surface area (Å²) in [5.41, 5.74) is -0.0862. The van der Waals surface area contributed by atoms with Gasteiger partial charge in [-0.3, -0.25) is 4.79 Å². The Hall–Kier alpha value is -2.04.